The lowest BCUT2D eigenvalue weighted by atomic mass is 10.1. The van der Waals surface area contributed by atoms with Crippen molar-refractivity contribution >= 4 is 15.9 Å². The lowest BCUT2D eigenvalue weighted by Crippen LogP contribution is -2.56. The largest absolute Gasteiger partial charge is 0.379 e. The minimum Gasteiger partial charge on any atom is -0.379 e. The van der Waals surface area contributed by atoms with E-state index in [1.807, 2.05) is 13.8 Å². The van der Waals surface area contributed by atoms with Gasteiger partial charge in [0, 0.05) is 32.2 Å². The predicted molar refractivity (Wildman–Crippen MR) is 80.1 cm³/mol. The average Bonchev–Trinajstić information content (AvgIpc) is 2.76. The molecule has 2 rings (SSSR count). The van der Waals surface area contributed by atoms with Gasteiger partial charge in [0.1, 0.15) is 0 Å². The van der Waals surface area contributed by atoms with Crippen molar-refractivity contribution < 1.29 is 17.9 Å². The molecule has 0 bridgehead atoms. The standard InChI is InChI=1S/C13H25N3O4S/c1-3-15(4-2)13(17)14-11-9-21(18,19)10-12(11)16-5-7-20-8-6-16/h11-12H,3-10H2,1-2H3,(H,14,17)/t11-,12+/m1/s1. The third kappa shape index (κ3) is 4.08. The Hall–Kier alpha value is -0.860. The molecule has 0 spiro atoms. The van der Waals surface area contributed by atoms with Crippen LogP contribution in [0.15, 0.2) is 0 Å². The van der Waals surface area contributed by atoms with E-state index in [1.54, 1.807) is 4.90 Å². The maximum Gasteiger partial charge on any atom is 0.317 e. The van der Waals surface area contributed by atoms with Gasteiger partial charge in [0.25, 0.3) is 0 Å². The fourth-order valence-electron chi connectivity index (χ4n) is 3.00. The summed E-state index contributed by atoms with van der Waals surface area (Å²) in [5.41, 5.74) is 0. The zero-order valence-electron chi connectivity index (χ0n) is 12.7. The van der Waals surface area contributed by atoms with E-state index in [0.29, 0.717) is 26.3 Å². The van der Waals surface area contributed by atoms with Gasteiger partial charge in [0.15, 0.2) is 9.84 Å². The number of nitrogens with one attached hydrogen (secondary N) is 1. The lowest BCUT2D eigenvalue weighted by Gasteiger charge is -2.35. The van der Waals surface area contributed by atoms with Crippen molar-refractivity contribution in [3.8, 4) is 0 Å². The number of ether oxygens (including phenoxy) is 1. The summed E-state index contributed by atoms with van der Waals surface area (Å²) in [6.45, 7) is 7.73. The number of carbonyl (C=O) groups is 1. The first-order chi connectivity index (χ1) is 9.96. The second-order valence-corrected chi connectivity index (χ2v) is 7.67. The van der Waals surface area contributed by atoms with Crippen LogP contribution in [0.3, 0.4) is 0 Å². The predicted octanol–water partition coefficient (Wildman–Crippen LogP) is -0.464. The number of hydrogen-bond acceptors (Lipinski definition) is 5. The van der Waals surface area contributed by atoms with Crippen LogP contribution >= 0.6 is 0 Å². The second-order valence-electron chi connectivity index (χ2n) is 5.52. The molecular weight excluding hydrogens is 294 g/mol. The van der Waals surface area contributed by atoms with Gasteiger partial charge in [-0.2, -0.15) is 0 Å². The van der Waals surface area contributed by atoms with Gasteiger partial charge in [0.05, 0.1) is 30.8 Å². The molecule has 2 atom stereocenters. The van der Waals surface area contributed by atoms with Crippen LogP contribution in [0, 0.1) is 0 Å². The average molecular weight is 319 g/mol. The Morgan fingerprint density at radius 3 is 2.43 bits per heavy atom. The Balaban J connectivity index is 2.05. The molecule has 2 aliphatic rings. The van der Waals surface area contributed by atoms with Crippen molar-refractivity contribution in [3.63, 3.8) is 0 Å². The van der Waals surface area contributed by atoms with Crippen LogP contribution in [0.25, 0.3) is 0 Å². The number of hydrogen-bond donors (Lipinski definition) is 1. The molecule has 2 fully saturated rings. The van der Waals surface area contributed by atoms with E-state index in [-0.39, 0.29) is 29.6 Å². The first-order valence-corrected chi connectivity index (χ1v) is 9.36. The van der Waals surface area contributed by atoms with Crippen LogP contribution in [0.1, 0.15) is 13.8 Å². The topological polar surface area (TPSA) is 79.0 Å². The van der Waals surface area contributed by atoms with Crippen LogP contribution in [-0.2, 0) is 14.6 Å². The third-order valence-corrected chi connectivity index (χ3v) is 5.91. The number of nitrogens with zero attached hydrogens (tertiary/aromatic N) is 2. The van der Waals surface area contributed by atoms with Crippen molar-refractivity contribution in [2.45, 2.75) is 25.9 Å². The van der Waals surface area contributed by atoms with Gasteiger partial charge in [-0.05, 0) is 13.8 Å². The first kappa shape index (κ1) is 16.5. The molecule has 0 radical (unpaired) electrons. The van der Waals surface area contributed by atoms with Gasteiger partial charge < -0.3 is 15.0 Å². The van der Waals surface area contributed by atoms with E-state index in [2.05, 4.69) is 10.2 Å². The fourth-order valence-corrected chi connectivity index (χ4v) is 4.95. The van der Waals surface area contributed by atoms with Crippen molar-refractivity contribution in [1.29, 1.82) is 0 Å². The molecule has 2 heterocycles. The van der Waals surface area contributed by atoms with Crippen LogP contribution in [0.4, 0.5) is 4.79 Å². The van der Waals surface area contributed by atoms with E-state index >= 15 is 0 Å². The number of urea groups is 1. The SMILES string of the molecule is CCN(CC)C(=O)N[C@@H]1CS(=O)(=O)C[C@@H]1N1CCOCC1. The van der Waals surface area contributed by atoms with E-state index in [9.17, 15) is 13.2 Å². The molecule has 7 nitrogen and oxygen atoms in total. The molecule has 21 heavy (non-hydrogen) atoms. The number of rotatable bonds is 4. The summed E-state index contributed by atoms with van der Waals surface area (Å²) in [6.07, 6.45) is 0. The van der Waals surface area contributed by atoms with Crippen LogP contribution in [-0.4, -0.2) is 87.2 Å². The van der Waals surface area contributed by atoms with E-state index in [4.69, 9.17) is 4.74 Å². The molecular formula is C13H25N3O4S. The summed E-state index contributed by atoms with van der Waals surface area (Å²) in [7, 11) is -3.09. The van der Waals surface area contributed by atoms with Crippen molar-refractivity contribution in [3.05, 3.63) is 0 Å². The first-order valence-electron chi connectivity index (χ1n) is 7.54. The minimum absolute atomic E-state index is 0.0298. The summed E-state index contributed by atoms with van der Waals surface area (Å²) in [5, 5.41) is 2.91. The molecule has 2 aliphatic heterocycles. The molecule has 0 aromatic carbocycles. The quantitative estimate of drug-likeness (QED) is 0.758. The van der Waals surface area contributed by atoms with Crippen LogP contribution in [0.2, 0.25) is 0 Å². The molecule has 0 saturated carbocycles. The Morgan fingerprint density at radius 2 is 1.86 bits per heavy atom. The monoisotopic (exact) mass is 319 g/mol. The molecule has 2 amide bonds. The highest BCUT2D eigenvalue weighted by atomic mass is 32.2. The number of carbonyl (C=O) groups excluding carboxylic acids is 1. The molecule has 0 aromatic heterocycles. The van der Waals surface area contributed by atoms with Gasteiger partial charge in [-0.15, -0.1) is 0 Å². The van der Waals surface area contributed by atoms with Gasteiger partial charge in [-0.25, -0.2) is 13.2 Å². The summed E-state index contributed by atoms with van der Waals surface area (Å²) < 4.78 is 29.2. The summed E-state index contributed by atoms with van der Waals surface area (Å²) in [5.74, 6) is 0.151. The van der Waals surface area contributed by atoms with Gasteiger partial charge >= 0.3 is 6.03 Å². The Bertz CT molecular complexity index is 458. The smallest absolute Gasteiger partial charge is 0.317 e. The number of amides is 2. The lowest BCUT2D eigenvalue weighted by molar-refractivity contribution is 0.0168. The third-order valence-electron chi connectivity index (χ3n) is 4.20. The highest BCUT2D eigenvalue weighted by molar-refractivity contribution is 7.91. The number of morpholine rings is 1. The number of sulfone groups is 1. The van der Waals surface area contributed by atoms with Crippen molar-refractivity contribution in [2.24, 2.45) is 0 Å². The van der Waals surface area contributed by atoms with E-state index in [1.165, 1.54) is 0 Å². The van der Waals surface area contributed by atoms with Crippen molar-refractivity contribution in [1.82, 2.24) is 15.1 Å². The Labute approximate surface area is 126 Å². The summed E-state index contributed by atoms with van der Waals surface area (Å²) in [6, 6.07) is -0.653. The van der Waals surface area contributed by atoms with Crippen LogP contribution < -0.4 is 5.32 Å². The maximum absolute atomic E-state index is 12.2. The van der Waals surface area contributed by atoms with Gasteiger partial charge in [-0.1, -0.05) is 0 Å². The molecule has 122 valence electrons. The molecule has 2 saturated heterocycles. The molecule has 0 aromatic rings. The Kier molecular flexibility index (Phi) is 5.45. The van der Waals surface area contributed by atoms with Crippen molar-refractivity contribution in [2.75, 3.05) is 50.9 Å². The zero-order valence-corrected chi connectivity index (χ0v) is 13.6. The van der Waals surface area contributed by atoms with Crippen LogP contribution in [0.5, 0.6) is 0 Å². The summed E-state index contributed by atoms with van der Waals surface area (Å²) in [4.78, 5) is 16.0. The van der Waals surface area contributed by atoms with E-state index in [0.717, 1.165) is 13.1 Å². The highest BCUT2D eigenvalue weighted by Crippen LogP contribution is 2.20. The Morgan fingerprint density at radius 1 is 1.24 bits per heavy atom. The zero-order chi connectivity index (χ0) is 15.5. The van der Waals surface area contributed by atoms with Gasteiger partial charge in [-0.3, -0.25) is 4.90 Å². The molecule has 1 N–H and O–H groups in total. The fraction of sp³-hybridized carbons (Fsp3) is 0.923. The highest BCUT2D eigenvalue weighted by Gasteiger charge is 2.42. The second kappa shape index (κ2) is 6.93. The minimum atomic E-state index is -3.09. The molecule has 8 heteroatoms. The van der Waals surface area contributed by atoms with E-state index < -0.39 is 9.84 Å². The summed E-state index contributed by atoms with van der Waals surface area (Å²) >= 11 is 0. The molecule has 0 unspecified atom stereocenters. The molecule has 0 aliphatic carbocycles. The maximum atomic E-state index is 12.2. The van der Waals surface area contributed by atoms with Gasteiger partial charge in [0.2, 0.25) is 0 Å². The normalized spacial score (nSPS) is 29.2.